The fourth-order valence-electron chi connectivity index (χ4n) is 2.31. The molecule has 0 saturated carbocycles. The topological polar surface area (TPSA) is 50.4 Å². The van der Waals surface area contributed by atoms with E-state index in [-0.39, 0.29) is 11.9 Å². The number of carbonyl (C=O) groups is 1. The first-order valence-electron chi connectivity index (χ1n) is 5.90. The van der Waals surface area contributed by atoms with Crippen LogP contribution in [-0.2, 0) is 9.53 Å². The van der Waals surface area contributed by atoms with Gasteiger partial charge in [0.25, 0.3) is 0 Å². The van der Waals surface area contributed by atoms with Gasteiger partial charge >= 0.3 is 0 Å². The third kappa shape index (κ3) is 2.69. The molecule has 86 valence electrons. The first-order valence-corrected chi connectivity index (χ1v) is 5.90. The highest BCUT2D eigenvalue weighted by molar-refractivity contribution is 5.81. The number of hydrogen-bond acceptors (Lipinski definition) is 3. The van der Waals surface area contributed by atoms with E-state index in [2.05, 4.69) is 17.6 Å². The second-order valence-electron chi connectivity index (χ2n) is 4.52. The van der Waals surface area contributed by atoms with Crippen LogP contribution in [0.4, 0.5) is 0 Å². The summed E-state index contributed by atoms with van der Waals surface area (Å²) in [7, 11) is 0. The van der Waals surface area contributed by atoms with E-state index >= 15 is 0 Å². The van der Waals surface area contributed by atoms with Gasteiger partial charge in [0.1, 0.15) is 0 Å². The van der Waals surface area contributed by atoms with Gasteiger partial charge in [-0.2, -0.15) is 0 Å². The zero-order valence-electron chi connectivity index (χ0n) is 9.29. The molecule has 15 heavy (non-hydrogen) atoms. The minimum absolute atomic E-state index is 0.0441. The summed E-state index contributed by atoms with van der Waals surface area (Å²) in [6, 6.07) is 0.0441. The summed E-state index contributed by atoms with van der Waals surface area (Å²) in [5, 5.41) is 6.22. The molecule has 2 aliphatic heterocycles. The summed E-state index contributed by atoms with van der Waals surface area (Å²) in [5.74, 6) is 0.655. The summed E-state index contributed by atoms with van der Waals surface area (Å²) in [4.78, 5) is 11.7. The third-order valence-electron chi connectivity index (χ3n) is 3.45. The van der Waals surface area contributed by atoms with E-state index < -0.39 is 0 Å². The second kappa shape index (κ2) is 4.94. The number of hydrogen-bond donors (Lipinski definition) is 2. The SMILES string of the molecule is CC1OCCC1CNC(=O)C1CCCN1. The van der Waals surface area contributed by atoms with Crippen molar-refractivity contribution in [2.24, 2.45) is 5.92 Å². The van der Waals surface area contributed by atoms with Crippen LogP contribution >= 0.6 is 0 Å². The summed E-state index contributed by atoms with van der Waals surface area (Å²) in [5.41, 5.74) is 0. The van der Waals surface area contributed by atoms with Gasteiger partial charge in [-0.3, -0.25) is 4.79 Å². The van der Waals surface area contributed by atoms with Gasteiger partial charge in [-0.05, 0) is 32.7 Å². The standard InChI is InChI=1S/C11H20N2O2/c1-8-9(4-6-15-8)7-13-11(14)10-3-2-5-12-10/h8-10,12H,2-7H2,1H3,(H,13,14). The molecule has 4 nitrogen and oxygen atoms in total. The van der Waals surface area contributed by atoms with Crippen molar-refractivity contribution in [3.8, 4) is 0 Å². The molecule has 3 atom stereocenters. The lowest BCUT2D eigenvalue weighted by Crippen LogP contribution is -2.42. The molecule has 0 bridgehead atoms. The number of rotatable bonds is 3. The summed E-state index contributed by atoms with van der Waals surface area (Å²) in [6.45, 7) is 4.65. The number of nitrogens with one attached hydrogen (secondary N) is 2. The normalized spacial score (nSPS) is 35.7. The van der Waals surface area contributed by atoms with E-state index in [1.807, 2.05) is 0 Å². The Morgan fingerprint density at radius 1 is 1.53 bits per heavy atom. The van der Waals surface area contributed by atoms with Gasteiger partial charge in [-0.25, -0.2) is 0 Å². The Morgan fingerprint density at radius 2 is 2.40 bits per heavy atom. The predicted molar refractivity (Wildman–Crippen MR) is 57.6 cm³/mol. The van der Waals surface area contributed by atoms with Crippen LogP contribution in [0.2, 0.25) is 0 Å². The van der Waals surface area contributed by atoms with Gasteiger partial charge in [0.05, 0.1) is 12.1 Å². The van der Waals surface area contributed by atoms with Crippen molar-refractivity contribution in [2.75, 3.05) is 19.7 Å². The quantitative estimate of drug-likeness (QED) is 0.706. The molecule has 2 N–H and O–H groups in total. The van der Waals surface area contributed by atoms with Crippen molar-refractivity contribution in [2.45, 2.75) is 38.3 Å². The highest BCUT2D eigenvalue weighted by Crippen LogP contribution is 2.19. The van der Waals surface area contributed by atoms with Gasteiger partial charge in [0.15, 0.2) is 0 Å². The van der Waals surface area contributed by atoms with Crippen LogP contribution in [0.1, 0.15) is 26.2 Å². The molecule has 0 radical (unpaired) electrons. The molecule has 2 heterocycles. The third-order valence-corrected chi connectivity index (χ3v) is 3.45. The fourth-order valence-corrected chi connectivity index (χ4v) is 2.31. The van der Waals surface area contributed by atoms with Gasteiger partial charge < -0.3 is 15.4 Å². The molecule has 2 fully saturated rings. The summed E-state index contributed by atoms with van der Waals surface area (Å²) < 4.78 is 5.46. The maximum Gasteiger partial charge on any atom is 0.237 e. The van der Waals surface area contributed by atoms with E-state index in [0.717, 1.165) is 39.0 Å². The molecule has 2 rings (SSSR count). The molecule has 4 heteroatoms. The van der Waals surface area contributed by atoms with Crippen LogP contribution in [0.5, 0.6) is 0 Å². The van der Waals surface area contributed by atoms with Crippen LogP contribution in [0.3, 0.4) is 0 Å². The summed E-state index contributed by atoms with van der Waals surface area (Å²) >= 11 is 0. The fraction of sp³-hybridized carbons (Fsp3) is 0.909. The Labute approximate surface area is 90.8 Å². The van der Waals surface area contributed by atoms with Gasteiger partial charge in [0, 0.05) is 19.1 Å². The molecule has 0 aromatic rings. The van der Waals surface area contributed by atoms with Crippen molar-refractivity contribution in [1.29, 1.82) is 0 Å². The van der Waals surface area contributed by atoms with E-state index in [1.165, 1.54) is 0 Å². The Hall–Kier alpha value is -0.610. The average molecular weight is 212 g/mol. The maximum absolute atomic E-state index is 11.7. The molecular formula is C11H20N2O2. The minimum atomic E-state index is 0.0441. The van der Waals surface area contributed by atoms with Gasteiger partial charge in [-0.15, -0.1) is 0 Å². The molecule has 2 saturated heterocycles. The van der Waals surface area contributed by atoms with Crippen LogP contribution < -0.4 is 10.6 Å². The van der Waals surface area contributed by atoms with Crippen LogP contribution in [0, 0.1) is 5.92 Å². The second-order valence-corrected chi connectivity index (χ2v) is 4.52. The molecule has 3 unspecified atom stereocenters. The summed E-state index contributed by atoms with van der Waals surface area (Å²) in [6.07, 6.45) is 3.45. The van der Waals surface area contributed by atoms with Crippen LogP contribution in [0.15, 0.2) is 0 Å². The van der Waals surface area contributed by atoms with E-state index in [9.17, 15) is 4.79 Å². The predicted octanol–water partition coefficient (Wildman–Crippen LogP) is 0.280. The Morgan fingerprint density at radius 3 is 3.00 bits per heavy atom. The lowest BCUT2D eigenvalue weighted by atomic mass is 10.0. The molecule has 0 aromatic carbocycles. The van der Waals surface area contributed by atoms with Crippen LogP contribution in [0.25, 0.3) is 0 Å². The lowest BCUT2D eigenvalue weighted by molar-refractivity contribution is -0.123. The Kier molecular flexibility index (Phi) is 3.59. The minimum Gasteiger partial charge on any atom is -0.378 e. The Bertz CT molecular complexity index is 227. The molecule has 0 aromatic heterocycles. The molecule has 1 amide bonds. The van der Waals surface area contributed by atoms with E-state index in [0.29, 0.717) is 12.0 Å². The maximum atomic E-state index is 11.7. The monoisotopic (exact) mass is 212 g/mol. The van der Waals surface area contributed by atoms with Crippen molar-refractivity contribution < 1.29 is 9.53 Å². The smallest absolute Gasteiger partial charge is 0.237 e. The zero-order valence-corrected chi connectivity index (χ0v) is 9.29. The highest BCUT2D eigenvalue weighted by Gasteiger charge is 2.26. The average Bonchev–Trinajstić information content (AvgIpc) is 2.85. The molecule has 0 spiro atoms. The van der Waals surface area contributed by atoms with Crippen molar-refractivity contribution in [3.63, 3.8) is 0 Å². The molecular weight excluding hydrogens is 192 g/mol. The van der Waals surface area contributed by atoms with Gasteiger partial charge in [-0.1, -0.05) is 0 Å². The van der Waals surface area contributed by atoms with E-state index in [1.54, 1.807) is 0 Å². The van der Waals surface area contributed by atoms with Crippen molar-refractivity contribution in [1.82, 2.24) is 10.6 Å². The first kappa shape index (κ1) is 10.9. The van der Waals surface area contributed by atoms with Crippen molar-refractivity contribution in [3.05, 3.63) is 0 Å². The largest absolute Gasteiger partial charge is 0.378 e. The van der Waals surface area contributed by atoms with E-state index in [4.69, 9.17) is 4.74 Å². The zero-order chi connectivity index (χ0) is 10.7. The van der Waals surface area contributed by atoms with Crippen LogP contribution in [-0.4, -0.2) is 37.7 Å². The first-order chi connectivity index (χ1) is 7.27. The van der Waals surface area contributed by atoms with Gasteiger partial charge in [0.2, 0.25) is 5.91 Å². The highest BCUT2D eigenvalue weighted by atomic mass is 16.5. The Balaban J connectivity index is 1.70. The number of carbonyl (C=O) groups excluding carboxylic acids is 1. The number of amides is 1. The molecule has 0 aliphatic carbocycles. The molecule has 2 aliphatic rings. The number of ether oxygens (including phenoxy) is 1. The lowest BCUT2D eigenvalue weighted by Gasteiger charge is -2.16. The van der Waals surface area contributed by atoms with Crippen molar-refractivity contribution >= 4 is 5.91 Å².